The topological polar surface area (TPSA) is 113 Å². The van der Waals surface area contributed by atoms with Gasteiger partial charge < -0.3 is 21.3 Å². The zero-order valence-corrected chi connectivity index (χ0v) is 22.8. The lowest BCUT2D eigenvalue weighted by atomic mass is 9.98. The summed E-state index contributed by atoms with van der Waals surface area (Å²) >= 11 is 6.04. The quantitative estimate of drug-likeness (QED) is 0.215. The number of carbonyl (C=O) groups excluding carboxylic acids is 2. The lowest BCUT2D eigenvalue weighted by Gasteiger charge is -2.39. The largest absolute Gasteiger partial charge is 0.433 e. The first-order valence-corrected chi connectivity index (χ1v) is 13.3. The molecule has 1 aliphatic heterocycles. The van der Waals surface area contributed by atoms with Gasteiger partial charge in [0.15, 0.2) is 0 Å². The normalized spacial score (nSPS) is 20.5. The molecule has 0 spiro atoms. The molecule has 4 N–H and O–H groups in total. The molecule has 4 rings (SSSR count). The molecule has 234 valence electrons. The SMILES string of the molecule is N/C(=C(\C=NCC(F)(F)F)C(=O)N[C@H]1C[C@@H](Nc2cc(C(F)(F)F)nc3ccc(Cl)cc23)CN(C(=O)C(F)F)C1)C1CC1. The molecule has 1 aromatic heterocycles. The van der Waals surface area contributed by atoms with Crippen molar-refractivity contribution in [3.8, 4) is 0 Å². The zero-order chi connectivity index (χ0) is 31.7. The minimum Gasteiger partial charge on any atom is -0.401 e. The van der Waals surface area contributed by atoms with Crippen LogP contribution in [0.3, 0.4) is 0 Å². The molecule has 2 fully saturated rings. The Kier molecular flexibility index (Phi) is 9.37. The highest BCUT2D eigenvalue weighted by Crippen LogP contribution is 2.36. The van der Waals surface area contributed by atoms with Crippen LogP contribution in [0.1, 0.15) is 25.0 Å². The zero-order valence-electron chi connectivity index (χ0n) is 22.1. The van der Waals surface area contributed by atoms with Crippen LogP contribution in [0.2, 0.25) is 5.02 Å². The Hall–Kier alpha value is -3.69. The third kappa shape index (κ3) is 8.45. The first-order valence-electron chi connectivity index (χ1n) is 12.9. The van der Waals surface area contributed by atoms with Crippen LogP contribution in [0.25, 0.3) is 10.9 Å². The summed E-state index contributed by atoms with van der Waals surface area (Å²) in [6.07, 6.45) is -11.1. The molecule has 0 bridgehead atoms. The van der Waals surface area contributed by atoms with Crippen molar-refractivity contribution in [2.24, 2.45) is 16.6 Å². The molecule has 1 aromatic carbocycles. The molecule has 1 saturated carbocycles. The van der Waals surface area contributed by atoms with Crippen LogP contribution in [0.4, 0.5) is 40.8 Å². The summed E-state index contributed by atoms with van der Waals surface area (Å²) in [5, 5.41) is 5.72. The number of aromatic nitrogens is 1. The predicted molar refractivity (Wildman–Crippen MR) is 142 cm³/mol. The molecule has 2 aromatic rings. The van der Waals surface area contributed by atoms with Crippen LogP contribution in [-0.4, -0.2) is 72.2 Å². The van der Waals surface area contributed by atoms with Gasteiger partial charge in [0, 0.05) is 53.2 Å². The van der Waals surface area contributed by atoms with Gasteiger partial charge in [0.05, 0.1) is 11.1 Å². The van der Waals surface area contributed by atoms with E-state index in [4.69, 9.17) is 17.3 Å². The molecule has 1 aliphatic carbocycles. The number of nitrogens with one attached hydrogen (secondary N) is 2. The Bertz CT molecular complexity index is 1440. The van der Waals surface area contributed by atoms with Gasteiger partial charge in [0.2, 0.25) is 0 Å². The number of halogens is 9. The van der Waals surface area contributed by atoms with Gasteiger partial charge in [-0.3, -0.25) is 14.6 Å². The number of carbonyl (C=O) groups is 2. The molecule has 43 heavy (non-hydrogen) atoms. The number of aliphatic imine (C=N–C) groups is 1. The van der Waals surface area contributed by atoms with Crippen LogP contribution in [0.5, 0.6) is 0 Å². The summed E-state index contributed by atoms with van der Waals surface area (Å²) in [7, 11) is 0. The number of hydrogen-bond acceptors (Lipinski definition) is 6. The van der Waals surface area contributed by atoms with E-state index in [1.807, 2.05) is 0 Å². The lowest BCUT2D eigenvalue weighted by molar-refractivity contribution is -0.144. The van der Waals surface area contributed by atoms with E-state index in [0.717, 1.165) is 4.90 Å². The minimum atomic E-state index is -4.83. The molecule has 2 heterocycles. The molecule has 0 unspecified atom stereocenters. The monoisotopic (exact) mass is 640 g/mol. The first kappa shape index (κ1) is 32.2. The number of fused-ring (bicyclic) bond motifs is 1. The summed E-state index contributed by atoms with van der Waals surface area (Å²) in [6, 6.07) is 2.68. The fourth-order valence-corrected chi connectivity index (χ4v) is 4.86. The van der Waals surface area contributed by atoms with Gasteiger partial charge in [0.25, 0.3) is 11.8 Å². The van der Waals surface area contributed by atoms with E-state index < -0.39 is 61.5 Å². The van der Waals surface area contributed by atoms with Crippen molar-refractivity contribution < 1.29 is 44.7 Å². The second kappa shape index (κ2) is 12.5. The molecule has 1 saturated heterocycles. The standard InChI is InChI=1S/C26H25ClF8N6O2/c27-13-3-4-18-16(5-13)19(7-20(40-18)26(33,34)35)38-14-6-15(10-41(9-14)24(43)22(28)29)39-23(42)17(21(36)12-1-2-12)8-37-11-25(30,31)32/h3-5,7-8,12,14-15,22H,1-2,6,9-11,36H2,(H,38,40)(H,39,42)/b21-17+,37-8?/t14-,15+/m1/s1. The van der Waals surface area contributed by atoms with Gasteiger partial charge in [-0.15, -0.1) is 0 Å². The number of hydrogen-bond donors (Lipinski definition) is 3. The Labute approximate surface area is 244 Å². The fraction of sp³-hybridized carbons (Fsp3) is 0.462. The molecular weight excluding hydrogens is 616 g/mol. The molecule has 0 radical (unpaired) electrons. The number of anilines is 1. The maximum atomic E-state index is 13.6. The third-order valence-electron chi connectivity index (χ3n) is 6.77. The maximum absolute atomic E-state index is 13.6. The molecule has 2 atom stereocenters. The summed E-state index contributed by atoms with van der Waals surface area (Å²) in [4.78, 5) is 33.0. The highest BCUT2D eigenvalue weighted by molar-refractivity contribution is 6.31. The second-order valence-electron chi connectivity index (χ2n) is 10.2. The van der Waals surface area contributed by atoms with E-state index in [0.29, 0.717) is 25.1 Å². The van der Waals surface area contributed by atoms with Crippen molar-refractivity contribution in [1.29, 1.82) is 0 Å². The van der Waals surface area contributed by atoms with Crippen molar-refractivity contribution >= 4 is 46.2 Å². The molecule has 8 nitrogen and oxygen atoms in total. The van der Waals surface area contributed by atoms with E-state index in [-0.39, 0.29) is 51.8 Å². The number of nitrogens with zero attached hydrogens (tertiary/aromatic N) is 3. The Balaban J connectivity index is 1.63. The van der Waals surface area contributed by atoms with E-state index in [2.05, 4.69) is 20.6 Å². The van der Waals surface area contributed by atoms with Crippen LogP contribution in [0, 0.1) is 5.92 Å². The van der Waals surface area contributed by atoms with E-state index in [1.165, 1.54) is 18.2 Å². The number of likely N-dealkylation sites (tertiary alicyclic amines) is 1. The van der Waals surface area contributed by atoms with Gasteiger partial charge in [-0.2, -0.15) is 35.1 Å². The van der Waals surface area contributed by atoms with Gasteiger partial charge in [-0.05, 0) is 49.4 Å². The second-order valence-corrected chi connectivity index (χ2v) is 10.7. The van der Waals surface area contributed by atoms with Crippen molar-refractivity contribution in [2.45, 2.75) is 50.1 Å². The van der Waals surface area contributed by atoms with Gasteiger partial charge >= 0.3 is 18.8 Å². The highest BCUT2D eigenvalue weighted by atomic mass is 35.5. The van der Waals surface area contributed by atoms with Crippen LogP contribution in [-0.2, 0) is 15.8 Å². The van der Waals surface area contributed by atoms with Crippen molar-refractivity contribution in [3.05, 3.63) is 46.3 Å². The van der Waals surface area contributed by atoms with Crippen LogP contribution in [0.15, 0.2) is 40.5 Å². The summed E-state index contributed by atoms with van der Waals surface area (Å²) in [5.41, 5.74) is 4.27. The minimum absolute atomic E-state index is 0.00855. The summed E-state index contributed by atoms with van der Waals surface area (Å²) in [5.74, 6) is -2.76. The molecule has 2 amide bonds. The number of pyridine rings is 1. The Morgan fingerprint density at radius 2 is 1.79 bits per heavy atom. The lowest BCUT2D eigenvalue weighted by Crippen LogP contribution is -2.57. The van der Waals surface area contributed by atoms with Gasteiger partial charge in [-0.1, -0.05) is 11.6 Å². The van der Waals surface area contributed by atoms with Crippen molar-refractivity contribution in [1.82, 2.24) is 15.2 Å². The number of nitrogens with two attached hydrogens (primary N) is 1. The van der Waals surface area contributed by atoms with Crippen LogP contribution >= 0.6 is 11.6 Å². The summed E-state index contributed by atoms with van der Waals surface area (Å²) < 4.78 is 105. The van der Waals surface area contributed by atoms with Gasteiger partial charge in [0.1, 0.15) is 12.2 Å². The number of benzene rings is 1. The average molecular weight is 641 g/mol. The number of rotatable bonds is 8. The molecular formula is C26H25ClF8N6O2. The van der Waals surface area contributed by atoms with E-state index in [9.17, 15) is 44.7 Å². The highest BCUT2D eigenvalue weighted by Gasteiger charge is 2.37. The van der Waals surface area contributed by atoms with Crippen molar-refractivity contribution in [2.75, 3.05) is 25.0 Å². The average Bonchev–Trinajstić information content (AvgIpc) is 3.75. The van der Waals surface area contributed by atoms with E-state index >= 15 is 0 Å². The van der Waals surface area contributed by atoms with Crippen molar-refractivity contribution in [3.63, 3.8) is 0 Å². The number of allylic oxidation sites excluding steroid dienone is 1. The number of piperidine rings is 1. The Morgan fingerprint density at radius 3 is 2.40 bits per heavy atom. The first-order chi connectivity index (χ1) is 20.0. The fourth-order valence-electron chi connectivity index (χ4n) is 4.69. The summed E-state index contributed by atoms with van der Waals surface area (Å²) in [6.45, 7) is -2.33. The predicted octanol–water partition coefficient (Wildman–Crippen LogP) is 4.93. The number of alkyl halides is 8. The van der Waals surface area contributed by atoms with E-state index in [1.54, 1.807) is 0 Å². The maximum Gasteiger partial charge on any atom is 0.433 e. The number of amides is 2. The molecule has 2 aliphatic rings. The van der Waals surface area contributed by atoms with Gasteiger partial charge in [-0.25, -0.2) is 4.98 Å². The Morgan fingerprint density at radius 1 is 1.12 bits per heavy atom. The molecule has 17 heteroatoms. The smallest absolute Gasteiger partial charge is 0.401 e. The van der Waals surface area contributed by atoms with Crippen LogP contribution < -0.4 is 16.4 Å². The third-order valence-corrected chi connectivity index (χ3v) is 7.00.